The van der Waals surface area contributed by atoms with Crippen LogP contribution in [0, 0.1) is 0 Å². The number of aryl methyl sites for hydroxylation is 1. The zero-order chi connectivity index (χ0) is 26.6. The fraction of sp³-hybridized carbons (Fsp3) is 0.375. The van der Waals surface area contributed by atoms with Crippen molar-refractivity contribution in [3.8, 4) is 0 Å². The van der Waals surface area contributed by atoms with Gasteiger partial charge in [0.05, 0.1) is 0 Å². The Morgan fingerprint density at radius 3 is 2.14 bits per heavy atom. The van der Waals surface area contributed by atoms with Crippen LogP contribution in [0.5, 0.6) is 0 Å². The number of rotatable bonds is 13. The van der Waals surface area contributed by atoms with Gasteiger partial charge in [-0.3, -0.25) is 9.59 Å². The van der Waals surface area contributed by atoms with Crippen molar-refractivity contribution < 1.29 is 9.59 Å². The molecule has 0 bridgehead atoms. The van der Waals surface area contributed by atoms with Gasteiger partial charge in [0.15, 0.2) is 0 Å². The molecule has 0 saturated carbocycles. The van der Waals surface area contributed by atoms with Crippen molar-refractivity contribution >= 4 is 23.4 Å². The monoisotopic (exact) mass is 518 g/mol. The van der Waals surface area contributed by atoms with Gasteiger partial charge in [0.2, 0.25) is 11.8 Å². The van der Waals surface area contributed by atoms with E-state index in [-0.39, 0.29) is 11.8 Å². The van der Waals surface area contributed by atoms with Crippen LogP contribution in [0.1, 0.15) is 68.2 Å². The molecule has 3 rings (SSSR count). The zero-order valence-corrected chi connectivity index (χ0v) is 23.0. The maximum Gasteiger partial charge on any atom is 0.243 e. The Balaban J connectivity index is 1.85. The Morgan fingerprint density at radius 2 is 1.51 bits per heavy atom. The van der Waals surface area contributed by atoms with Gasteiger partial charge in [0.25, 0.3) is 0 Å². The SMILES string of the molecule is CCCCNC(=O)C(Cc1ccccc1)N(Cc1ccc(Cl)cc1)C(=O)CCc1ccc(C(C)C)cc1. The molecule has 0 aromatic heterocycles. The molecule has 0 aliphatic carbocycles. The lowest BCUT2D eigenvalue weighted by Gasteiger charge is -2.32. The molecule has 0 fully saturated rings. The smallest absolute Gasteiger partial charge is 0.243 e. The van der Waals surface area contributed by atoms with E-state index in [4.69, 9.17) is 11.6 Å². The topological polar surface area (TPSA) is 49.4 Å². The first-order chi connectivity index (χ1) is 17.9. The number of nitrogens with one attached hydrogen (secondary N) is 1. The van der Waals surface area contributed by atoms with Gasteiger partial charge >= 0.3 is 0 Å². The van der Waals surface area contributed by atoms with Crippen LogP contribution >= 0.6 is 11.6 Å². The standard InChI is InChI=1S/C32H39ClN2O2/c1-4-5-21-34-32(37)30(22-26-9-7-6-8-10-26)35(23-27-13-18-29(33)19-14-27)31(36)20-15-25-11-16-28(17-12-25)24(2)3/h6-14,16-19,24,30H,4-5,15,20-23H2,1-3H3,(H,34,37). The Kier molecular flexibility index (Phi) is 11.2. The molecule has 1 atom stereocenters. The summed E-state index contributed by atoms with van der Waals surface area (Å²) in [6.45, 7) is 7.39. The molecule has 2 amide bonds. The predicted molar refractivity (Wildman–Crippen MR) is 153 cm³/mol. The maximum atomic E-state index is 13.7. The number of carbonyl (C=O) groups is 2. The summed E-state index contributed by atoms with van der Waals surface area (Å²) in [5, 5.41) is 3.71. The summed E-state index contributed by atoms with van der Waals surface area (Å²) < 4.78 is 0. The van der Waals surface area contributed by atoms with Crippen molar-refractivity contribution in [2.75, 3.05) is 6.54 Å². The normalized spacial score (nSPS) is 11.8. The first-order valence-corrected chi connectivity index (χ1v) is 13.7. The number of halogens is 1. The van der Waals surface area contributed by atoms with E-state index in [1.165, 1.54) is 5.56 Å². The third kappa shape index (κ3) is 9.05. The summed E-state index contributed by atoms with van der Waals surface area (Å²) in [7, 11) is 0. The number of hydrogen-bond donors (Lipinski definition) is 1. The second-order valence-corrected chi connectivity index (χ2v) is 10.3. The number of carbonyl (C=O) groups excluding carboxylic acids is 2. The molecule has 3 aromatic carbocycles. The van der Waals surface area contributed by atoms with E-state index in [1.807, 2.05) is 54.6 Å². The number of nitrogens with zero attached hydrogens (tertiary/aromatic N) is 1. The van der Waals surface area contributed by atoms with Gasteiger partial charge in [-0.25, -0.2) is 0 Å². The van der Waals surface area contributed by atoms with Crippen molar-refractivity contribution in [2.45, 2.75) is 71.4 Å². The highest BCUT2D eigenvalue weighted by Crippen LogP contribution is 2.20. The van der Waals surface area contributed by atoms with Crippen molar-refractivity contribution in [1.82, 2.24) is 10.2 Å². The largest absolute Gasteiger partial charge is 0.354 e. The fourth-order valence-electron chi connectivity index (χ4n) is 4.31. The highest BCUT2D eigenvalue weighted by atomic mass is 35.5. The van der Waals surface area contributed by atoms with Crippen LogP contribution in [0.4, 0.5) is 0 Å². The van der Waals surface area contributed by atoms with Crippen LogP contribution in [0.25, 0.3) is 0 Å². The average molecular weight is 519 g/mol. The van der Waals surface area contributed by atoms with Gasteiger partial charge in [0, 0.05) is 31.0 Å². The summed E-state index contributed by atoms with van der Waals surface area (Å²) in [5.41, 5.74) is 4.37. The zero-order valence-electron chi connectivity index (χ0n) is 22.3. The van der Waals surface area contributed by atoms with E-state index >= 15 is 0 Å². The van der Waals surface area contributed by atoms with E-state index in [2.05, 4.69) is 50.4 Å². The van der Waals surface area contributed by atoms with Crippen LogP contribution in [0.2, 0.25) is 5.02 Å². The minimum atomic E-state index is -0.606. The highest BCUT2D eigenvalue weighted by Gasteiger charge is 2.30. The number of unbranched alkanes of at least 4 members (excludes halogenated alkanes) is 1. The quantitative estimate of drug-likeness (QED) is 0.249. The summed E-state index contributed by atoms with van der Waals surface area (Å²) in [5.74, 6) is 0.325. The molecule has 196 valence electrons. The second-order valence-electron chi connectivity index (χ2n) is 9.89. The summed E-state index contributed by atoms with van der Waals surface area (Å²) in [6, 6.07) is 25.3. The molecular weight excluding hydrogens is 480 g/mol. The van der Waals surface area contributed by atoms with Crippen LogP contribution in [0.15, 0.2) is 78.9 Å². The molecule has 0 radical (unpaired) electrons. The average Bonchev–Trinajstić information content (AvgIpc) is 2.91. The maximum absolute atomic E-state index is 13.7. The molecule has 0 aliphatic heterocycles. The summed E-state index contributed by atoms with van der Waals surface area (Å²) >= 11 is 6.11. The highest BCUT2D eigenvalue weighted by molar-refractivity contribution is 6.30. The van der Waals surface area contributed by atoms with Gasteiger partial charge in [-0.2, -0.15) is 0 Å². The third-order valence-corrected chi connectivity index (χ3v) is 6.89. The Bertz CT molecular complexity index is 1110. The minimum Gasteiger partial charge on any atom is -0.354 e. The number of hydrogen-bond acceptors (Lipinski definition) is 2. The summed E-state index contributed by atoms with van der Waals surface area (Å²) in [6.07, 6.45) is 3.32. The van der Waals surface area contributed by atoms with Gasteiger partial charge in [-0.05, 0) is 53.1 Å². The third-order valence-electron chi connectivity index (χ3n) is 6.64. The van der Waals surface area contributed by atoms with Crippen LogP contribution in [0.3, 0.4) is 0 Å². The lowest BCUT2D eigenvalue weighted by Crippen LogP contribution is -2.50. The molecule has 5 heteroatoms. The number of benzene rings is 3. The van der Waals surface area contributed by atoms with Crippen molar-refractivity contribution in [1.29, 1.82) is 0 Å². The van der Waals surface area contributed by atoms with E-state index in [1.54, 1.807) is 4.90 Å². The first kappa shape index (κ1) is 28.5. The molecule has 0 saturated heterocycles. The molecule has 0 aliphatic rings. The molecular formula is C32H39ClN2O2. The lowest BCUT2D eigenvalue weighted by molar-refractivity contribution is -0.141. The van der Waals surface area contributed by atoms with E-state index in [9.17, 15) is 9.59 Å². The van der Waals surface area contributed by atoms with Crippen LogP contribution in [-0.4, -0.2) is 29.3 Å². The molecule has 0 spiro atoms. The molecule has 4 nitrogen and oxygen atoms in total. The second kappa shape index (κ2) is 14.6. The molecule has 3 aromatic rings. The van der Waals surface area contributed by atoms with Crippen LogP contribution < -0.4 is 5.32 Å². The molecule has 0 heterocycles. The van der Waals surface area contributed by atoms with Gasteiger partial charge in [-0.15, -0.1) is 0 Å². The van der Waals surface area contributed by atoms with Crippen LogP contribution in [-0.2, 0) is 29.0 Å². The predicted octanol–water partition coefficient (Wildman–Crippen LogP) is 6.95. The lowest BCUT2D eigenvalue weighted by atomic mass is 9.99. The Morgan fingerprint density at radius 1 is 0.865 bits per heavy atom. The summed E-state index contributed by atoms with van der Waals surface area (Å²) in [4.78, 5) is 29.0. The molecule has 37 heavy (non-hydrogen) atoms. The van der Waals surface area contributed by atoms with Gasteiger partial charge in [-0.1, -0.05) is 106 Å². The van der Waals surface area contributed by atoms with Crippen molar-refractivity contribution in [3.05, 3.63) is 106 Å². The first-order valence-electron chi connectivity index (χ1n) is 13.3. The van der Waals surface area contributed by atoms with E-state index in [0.29, 0.717) is 43.3 Å². The molecule has 1 N–H and O–H groups in total. The Labute approximate surface area is 227 Å². The van der Waals surface area contributed by atoms with Crippen molar-refractivity contribution in [3.63, 3.8) is 0 Å². The molecule has 1 unspecified atom stereocenters. The fourth-order valence-corrected chi connectivity index (χ4v) is 4.44. The number of amides is 2. The Hall–Kier alpha value is -3.11. The minimum absolute atomic E-state index is 0.0329. The van der Waals surface area contributed by atoms with Gasteiger partial charge in [0.1, 0.15) is 6.04 Å². The van der Waals surface area contributed by atoms with E-state index < -0.39 is 6.04 Å². The van der Waals surface area contributed by atoms with Gasteiger partial charge < -0.3 is 10.2 Å². The van der Waals surface area contributed by atoms with Crippen molar-refractivity contribution in [2.24, 2.45) is 0 Å². The van der Waals surface area contributed by atoms with E-state index in [0.717, 1.165) is 29.5 Å².